The van der Waals surface area contributed by atoms with Gasteiger partial charge in [-0.1, -0.05) is 46.6 Å². The summed E-state index contributed by atoms with van der Waals surface area (Å²) in [4.78, 5) is 0. The fourth-order valence-electron chi connectivity index (χ4n) is 0.989. The van der Waals surface area contributed by atoms with Crippen LogP contribution in [0.4, 0.5) is 0 Å². The lowest BCUT2D eigenvalue weighted by molar-refractivity contribution is 1.55. The van der Waals surface area contributed by atoms with Crippen molar-refractivity contribution in [3.8, 4) is 12.3 Å². The molecule has 0 fully saturated rings. The molecule has 0 saturated heterocycles. The van der Waals surface area contributed by atoms with Crippen LogP contribution in [-0.2, 0) is 0 Å². The maximum Gasteiger partial charge on any atom is 0.0317 e. The molecular weight excluding hydrogens is 212 g/mol. The van der Waals surface area contributed by atoms with Gasteiger partial charge in [-0.15, -0.1) is 6.42 Å². The van der Waals surface area contributed by atoms with E-state index >= 15 is 0 Å². The minimum atomic E-state index is 0.756. The minimum absolute atomic E-state index is 0.756. The first-order valence-electron chi connectivity index (χ1n) is 3.59. The smallest absolute Gasteiger partial charge is 0.0317 e. The highest BCUT2D eigenvalue weighted by Gasteiger charge is 2.00. The standard InChI is InChI=1S/C11H9Br/c1-3-10-6-4-5-7-11(10)9(2)8-12/h1,4-7H,2,8H2. The van der Waals surface area contributed by atoms with Crippen molar-refractivity contribution < 1.29 is 0 Å². The zero-order valence-corrected chi connectivity index (χ0v) is 8.26. The van der Waals surface area contributed by atoms with E-state index in [0.717, 1.165) is 22.0 Å². The van der Waals surface area contributed by atoms with Gasteiger partial charge >= 0.3 is 0 Å². The van der Waals surface area contributed by atoms with Crippen molar-refractivity contribution >= 4 is 21.5 Å². The van der Waals surface area contributed by atoms with Crippen LogP contribution in [0.15, 0.2) is 30.8 Å². The predicted molar refractivity (Wildman–Crippen MR) is 57.2 cm³/mol. The third kappa shape index (κ3) is 1.78. The van der Waals surface area contributed by atoms with Crippen LogP contribution >= 0.6 is 15.9 Å². The Balaban J connectivity index is 3.16. The van der Waals surface area contributed by atoms with Crippen molar-refractivity contribution in [2.45, 2.75) is 0 Å². The fraction of sp³-hybridized carbons (Fsp3) is 0.0909. The molecule has 0 unspecified atom stereocenters. The van der Waals surface area contributed by atoms with E-state index < -0.39 is 0 Å². The zero-order chi connectivity index (χ0) is 8.97. The summed E-state index contributed by atoms with van der Waals surface area (Å²) in [6, 6.07) is 7.80. The molecule has 0 nitrogen and oxygen atoms in total. The SMILES string of the molecule is C#Cc1ccccc1C(=C)CBr. The van der Waals surface area contributed by atoms with Crippen molar-refractivity contribution in [3.63, 3.8) is 0 Å². The molecule has 0 aromatic heterocycles. The predicted octanol–water partition coefficient (Wildman–Crippen LogP) is 3.08. The lowest BCUT2D eigenvalue weighted by Crippen LogP contribution is -1.88. The first kappa shape index (κ1) is 9.09. The van der Waals surface area contributed by atoms with E-state index in [-0.39, 0.29) is 0 Å². The Morgan fingerprint density at radius 3 is 2.75 bits per heavy atom. The summed E-state index contributed by atoms with van der Waals surface area (Å²) in [6.45, 7) is 3.91. The summed E-state index contributed by atoms with van der Waals surface area (Å²) in [5, 5.41) is 0.756. The van der Waals surface area contributed by atoms with E-state index in [1.165, 1.54) is 0 Å². The summed E-state index contributed by atoms with van der Waals surface area (Å²) < 4.78 is 0. The van der Waals surface area contributed by atoms with E-state index in [1.807, 2.05) is 24.3 Å². The number of hydrogen-bond donors (Lipinski definition) is 0. The number of terminal acetylenes is 1. The average Bonchev–Trinajstić information content (AvgIpc) is 2.16. The van der Waals surface area contributed by atoms with E-state index in [0.29, 0.717) is 0 Å². The minimum Gasteiger partial charge on any atom is -0.115 e. The second-order valence-corrected chi connectivity index (χ2v) is 2.99. The summed E-state index contributed by atoms with van der Waals surface area (Å²) in [5.41, 5.74) is 2.97. The zero-order valence-electron chi connectivity index (χ0n) is 6.68. The first-order chi connectivity index (χ1) is 5.79. The Morgan fingerprint density at radius 1 is 1.50 bits per heavy atom. The molecule has 1 heteroatoms. The lowest BCUT2D eigenvalue weighted by Gasteiger charge is -2.03. The molecule has 60 valence electrons. The Kier molecular flexibility index (Phi) is 3.13. The van der Waals surface area contributed by atoms with E-state index in [2.05, 4.69) is 28.4 Å². The van der Waals surface area contributed by atoms with E-state index in [9.17, 15) is 0 Å². The van der Waals surface area contributed by atoms with Gasteiger partial charge in [0.25, 0.3) is 0 Å². The maximum absolute atomic E-state index is 5.34. The normalized spacial score (nSPS) is 9.00. The quantitative estimate of drug-likeness (QED) is 0.531. The van der Waals surface area contributed by atoms with Gasteiger partial charge in [0.05, 0.1) is 0 Å². The van der Waals surface area contributed by atoms with Crippen molar-refractivity contribution in [2.24, 2.45) is 0 Å². The van der Waals surface area contributed by atoms with E-state index in [4.69, 9.17) is 6.42 Å². The number of halogens is 1. The van der Waals surface area contributed by atoms with Gasteiger partial charge < -0.3 is 0 Å². The number of benzene rings is 1. The number of allylic oxidation sites excluding steroid dienone is 1. The van der Waals surface area contributed by atoms with Crippen LogP contribution in [0.1, 0.15) is 11.1 Å². The second-order valence-electron chi connectivity index (χ2n) is 2.43. The van der Waals surface area contributed by atoms with Gasteiger partial charge in [0, 0.05) is 10.9 Å². The van der Waals surface area contributed by atoms with Crippen LogP contribution in [0.3, 0.4) is 0 Å². The van der Waals surface area contributed by atoms with Crippen molar-refractivity contribution in [2.75, 3.05) is 5.33 Å². The van der Waals surface area contributed by atoms with Crippen LogP contribution in [0.25, 0.3) is 5.57 Å². The molecule has 0 saturated carbocycles. The van der Waals surface area contributed by atoms with Crippen LogP contribution in [0.2, 0.25) is 0 Å². The molecule has 0 aliphatic carbocycles. The van der Waals surface area contributed by atoms with Crippen LogP contribution in [-0.4, -0.2) is 5.33 Å². The largest absolute Gasteiger partial charge is 0.115 e. The van der Waals surface area contributed by atoms with Crippen molar-refractivity contribution in [3.05, 3.63) is 42.0 Å². The molecule has 1 aromatic carbocycles. The molecular formula is C11H9Br. The molecule has 0 aliphatic heterocycles. The highest BCUT2D eigenvalue weighted by Crippen LogP contribution is 2.18. The van der Waals surface area contributed by atoms with Gasteiger partial charge in [-0.3, -0.25) is 0 Å². The van der Waals surface area contributed by atoms with Gasteiger partial charge in [-0.25, -0.2) is 0 Å². The Bertz CT molecular complexity index is 331. The average molecular weight is 221 g/mol. The fourth-order valence-corrected chi connectivity index (χ4v) is 1.29. The maximum atomic E-state index is 5.34. The number of rotatable bonds is 2. The van der Waals surface area contributed by atoms with E-state index in [1.54, 1.807) is 0 Å². The van der Waals surface area contributed by atoms with Gasteiger partial charge in [-0.05, 0) is 17.2 Å². The Labute approximate surface area is 81.4 Å². The highest BCUT2D eigenvalue weighted by atomic mass is 79.9. The Hall–Kier alpha value is -1.00. The molecule has 0 amide bonds. The molecule has 0 N–H and O–H groups in total. The van der Waals surface area contributed by atoms with Crippen molar-refractivity contribution in [1.82, 2.24) is 0 Å². The summed E-state index contributed by atoms with van der Waals surface area (Å²) in [5.74, 6) is 2.63. The van der Waals surface area contributed by atoms with Gasteiger partial charge in [-0.2, -0.15) is 0 Å². The molecule has 1 aromatic rings. The summed E-state index contributed by atoms with van der Waals surface area (Å²) in [7, 11) is 0. The first-order valence-corrected chi connectivity index (χ1v) is 4.71. The monoisotopic (exact) mass is 220 g/mol. The third-order valence-corrected chi connectivity index (χ3v) is 2.30. The molecule has 0 bridgehead atoms. The summed E-state index contributed by atoms with van der Waals surface area (Å²) >= 11 is 3.35. The topological polar surface area (TPSA) is 0 Å². The lowest BCUT2D eigenvalue weighted by atomic mass is 10.0. The van der Waals surface area contributed by atoms with Crippen LogP contribution < -0.4 is 0 Å². The molecule has 0 spiro atoms. The van der Waals surface area contributed by atoms with Gasteiger partial charge in [0.15, 0.2) is 0 Å². The van der Waals surface area contributed by atoms with Crippen molar-refractivity contribution in [1.29, 1.82) is 0 Å². The second kappa shape index (κ2) is 4.13. The van der Waals surface area contributed by atoms with Crippen LogP contribution in [0.5, 0.6) is 0 Å². The molecule has 0 aliphatic rings. The molecule has 0 heterocycles. The highest BCUT2D eigenvalue weighted by molar-refractivity contribution is 9.09. The molecule has 0 atom stereocenters. The third-order valence-electron chi connectivity index (χ3n) is 1.62. The molecule has 1 rings (SSSR count). The van der Waals surface area contributed by atoms with Crippen LogP contribution in [0, 0.1) is 12.3 Å². The van der Waals surface area contributed by atoms with Gasteiger partial charge in [0.1, 0.15) is 0 Å². The van der Waals surface area contributed by atoms with Gasteiger partial charge in [0.2, 0.25) is 0 Å². The Morgan fingerprint density at radius 2 is 2.17 bits per heavy atom. The number of hydrogen-bond acceptors (Lipinski definition) is 0. The summed E-state index contributed by atoms with van der Waals surface area (Å²) in [6.07, 6.45) is 5.34. The molecule has 12 heavy (non-hydrogen) atoms. The molecule has 0 radical (unpaired) electrons. The number of alkyl halides is 1.